The molecule has 0 saturated carbocycles. The number of pyridine rings is 1. The number of aromatic nitrogens is 1. The number of hydrogen-bond acceptors (Lipinski definition) is 4. The van der Waals surface area contributed by atoms with Crippen molar-refractivity contribution >= 4 is 5.82 Å². The van der Waals surface area contributed by atoms with Crippen LogP contribution in [0.1, 0.15) is 18.5 Å². The van der Waals surface area contributed by atoms with Crippen molar-refractivity contribution in [1.29, 1.82) is 0 Å². The van der Waals surface area contributed by atoms with Gasteiger partial charge in [-0.25, -0.2) is 4.98 Å². The Labute approximate surface area is 108 Å². The zero-order chi connectivity index (χ0) is 12.6. The van der Waals surface area contributed by atoms with Gasteiger partial charge in [0.15, 0.2) is 0 Å². The second kappa shape index (κ2) is 7.00. The molecule has 0 radical (unpaired) electrons. The maximum Gasteiger partial charge on any atom is 0.130 e. The maximum absolute atomic E-state index is 8.68. The van der Waals surface area contributed by atoms with E-state index in [1.807, 2.05) is 18.2 Å². The van der Waals surface area contributed by atoms with Crippen molar-refractivity contribution in [2.24, 2.45) is 0 Å². The third-order valence-electron chi connectivity index (χ3n) is 2.85. The molecule has 1 fully saturated rings. The minimum Gasteiger partial charge on any atom is -0.396 e. The van der Waals surface area contributed by atoms with Crippen LogP contribution in [0.4, 0.5) is 5.82 Å². The van der Waals surface area contributed by atoms with E-state index in [1.165, 1.54) is 0 Å². The summed E-state index contributed by atoms with van der Waals surface area (Å²) in [6.45, 7) is 4.20. The molecule has 4 heteroatoms. The highest BCUT2D eigenvalue weighted by molar-refractivity contribution is 5.43. The van der Waals surface area contributed by atoms with Crippen LogP contribution >= 0.6 is 0 Å². The van der Waals surface area contributed by atoms with E-state index in [-0.39, 0.29) is 6.61 Å². The largest absolute Gasteiger partial charge is 0.396 e. The average molecular weight is 245 g/mol. The molecule has 1 aromatic heterocycles. The Kier molecular flexibility index (Phi) is 5.00. The summed E-state index contributed by atoms with van der Waals surface area (Å²) in [6.07, 6.45) is 1.44. The highest BCUT2D eigenvalue weighted by atomic mass is 16.2. The second-order valence-electron chi connectivity index (χ2n) is 4.25. The van der Waals surface area contributed by atoms with Gasteiger partial charge in [-0.05, 0) is 24.5 Å². The minimum atomic E-state index is 0.197. The fourth-order valence-corrected chi connectivity index (χ4v) is 1.88. The van der Waals surface area contributed by atoms with Gasteiger partial charge in [-0.1, -0.05) is 12.0 Å². The molecule has 0 bridgehead atoms. The zero-order valence-electron chi connectivity index (χ0n) is 10.5. The number of rotatable bonds is 3. The van der Waals surface area contributed by atoms with Gasteiger partial charge >= 0.3 is 0 Å². The van der Waals surface area contributed by atoms with Crippen molar-refractivity contribution in [1.82, 2.24) is 10.3 Å². The molecule has 0 aliphatic carbocycles. The molecular weight excluding hydrogens is 226 g/mol. The van der Waals surface area contributed by atoms with E-state index in [0.717, 1.165) is 50.5 Å². The lowest BCUT2D eigenvalue weighted by atomic mass is 10.3. The molecule has 0 spiro atoms. The lowest BCUT2D eigenvalue weighted by Crippen LogP contribution is -2.43. The number of nitrogens with zero attached hydrogens (tertiary/aromatic N) is 2. The molecule has 18 heavy (non-hydrogen) atoms. The molecular formula is C14H19N3O. The van der Waals surface area contributed by atoms with Crippen LogP contribution < -0.4 is 10.2 Å². The van der Waals surface area contributed by atoms with Crippen LogP contribution in [0.3, 0.4) is 0 Å². The number of aliphatic hydroxyl groups is 1. The Bertz CT molecular complexity index is 430. The fourth-order valence-electron chi connectivity index (χ4n) is 1.88. The molecule has 1 saturated heterocycles. The van der Waals surface area contributed by atoms with Crippen molar-refractivity contribution in [3.63, 3.8) is 0 Å². The van der Waals surface area contributed by atoms with E-state index < -0.39 is 0 Å². The van der Waals surface area contributed by atoms with Crippen LogP contribution in [0, 0.1) is 11.8 Å². The zero-order valence-corrected chi connectivity index (χ0v) is 10.5. The van der Waals surface area contributed by atoms with Gasteiger partial charge in [0, 0.05) is 39.2 Å². The van der Waals surface area contributed by atoms with Gasteiger partial charge in [0.05, 0.1) is 0 Å². The van der Waals surface area contributed by atoms with E-state index in [2.05, 4.69) is 27.0 Å². The maximum atomic E-state index is 8.68. The smallest absolute Gasteiger partial charge is 0.130 e. The first-order valence-corrected chi connectivity index (χ1v) is 6.42. The Hall–Kier alpha value is -1.57. The van der Waals surface area contributed by atoms with Gasteiger partial charge in [0.2, 0.25) is 0 Å². The standard InChI is InChI=1S/C14H19N3O/c18-12-3-1-2-5-13-6-4-7-14(16-13)17-10-8-15-9-11-17/h4,6-7,15,18H,1,3,8-12H2. The van der Waals surface area contributed by atoms with Crippen molar-refractivity contribution in [3.8, 4) is 11.8 Å². The predicted octanol–water partition coefficient (Wildman–Crippen LogP) is 0.615. The first-order valence-electron chi connectivity index (χ1n) is 6.42. The molecule has 1 aliphatic rings. The summed E-state index contributed by atoms with van der Waals surface area (Å²) in [6, 6.07) is 5.96. The highest BCUT2D eigenvalue weighted by Gasteiger charge is 2.11. The van der Waals surface area contributed by atoms with E-state index in [4.69, 9.17) is 5.11 Å². The molecule has 96 valence electrons. The van der Waals surface area contributed by atoms with Crippen LogP contribution in [0.2, 0.25) is 0 Å². The van der Waals surface area contributed by atoms with E-state index in [1.54, 1.807) is 0 Å². The van der Waals surface area contributed by atoms with Crippen molar-refractivity contribution in [3.05, 3.63) is 23.9 Å². The van der Waals surface area contributed by atoms with Crippen LogP contribution in [0.5, 0.6) is 0 Å². The lowest BCUT2D eigenvalue weighted by Gasteiger charge is -2.28. The van der Waals surface area contributed by atoms with Crippen molar-refractivity contribution in [2.75, 3.05) is 37.7 Å². The SMILES string of the molecule is OCCCC#Cc1cccc(N2CCNCC2)n1. The summed E-state index contributed by atoms with van der Waals surface area (Å²) in [4.78, 5) is 6.83. The fraction of sp³-hybridized carbons (Fsp3) is 0.500. The topological polar surface area (TPSA) is 48.4 Å². The number of anilines is 1. The van der Waals surface area contributed by atoms with Crippen molar-refractivity contribution in [2.45, 2.75) is 12.8 Å². The van der Waals surface area contributed by atoms with E-state index >= 15 is 0 Å². The van der Waals surface area contributed by atoms with Crippen molar-refractivity contribution < 1.29 is 5.11 Å². The molecule has 2 rings (SSSR count). The summed E-state index contributed by atoms with van der Waals surface area (Å²) in [7, 11) is 0. The number of aliphatic hydroxyl groups excluding tert-OH is 1. The quantitative estimate of drug-likeness (QED) is 0.605. The molecule has 0 amide bonds. The molecule has 1 aromatic rings. The molecule has 2 heterocycles. The van der Waals surface area contributed by atoms with E-state index in [0.29, 0.717) is 0 Å². The van der Waals surface area contributed by atoms with Gasteiger partial charge < -0.3 is 15.3 Å². The first-order chi connectivity index (χ1) is 8.90. The monoisotopic (exact) mass is 245 g/mol. The van der Waals surface area contributed by atoms with Crippen LogP contribution in [-0.4, -0.2) is 42.9 Å². The Morgan fingerprint density at radius 2 is 2.17 bits per heavy atom. The van der Waals surface area contributed by atoms with E-state index in [9.17, 15) is 0 Å². The lowest BCUT2D eigenvalue weighted by molar-refractivity contribution is 0.290. The van der Waals surface area contributed by atoms with Gasteiger partial charge in [0.25, 0.3) is 0 Å². The number of unbranched alkanes of at least 4 members (excludes halogenated alkanes) is 1. The van der Waals surface area contributed by atoms with Crippen LogP contribution in [-0.2, 0) is 0 Å². The molecule has 0 unspecified atom stereocenters. The van der Waals surface area contributed by atoms with Gasteiger partial charge in [-0.15, -0.1) is 0 Å². The summed E-state index contributed by atoms with van der Waals surface area (Å²) in [5.41, 5.74) is 0.809. The van der Waals surface area contributed by atoms with Gasteiger partial charge in [0.1, 0.15) is 11.5 Å². The van der Waals surface area contributed by atoms with Crippen LogP contribution in [0.25, 0.3) is 0 Å². The minimum absolute atomic E-state index is 0.197. The molecule has 2 N–H and O–H groups in total. The molecule has 0 aromatic carbocycles. The third kappa shape index (κ3) is 3.73. The number of nitrogens with one attached hydrogen (secondary N) is 1. The molecule has 4 nitrogen and oxygen atoms in total. The number of hydrogen-bond donors (Lipinski definition) is 2. The normalized spacial score (nSPS) is 15.1. The summed E-state index contributed by atoms with van der Waals surface area (Å²) >= 11 is 0. The molecule has 0 atom stereocenters. The highest BCUT2D eigenvalue weighted by Crippen LogP contribution is 2.11. The third-order valence-corrected chi connectivity index (χ3v) is 2.85. The summed E-state index contributed by atoms with van der Waals surface area (Å²) in [5, 5.41) is 12.0. The summed E-state index contributed by atoms with van der Waals surface area (Å²) in [5.74, 6) is 7.08. The predicted molar refractivity (Wildman–Crippen MR) is 72.5 cm³/mol. The Balaban J connectivity index is 2.01. The first kappa shape index (κ1) is 12.9. The average Bonchev–Trinajstić information content (AvgIpc) is 2.45. The van der Waals surface area contributed by atoms with Crippen LogP contribution in [0.15, 0.2) is 18.2 Å². The second-order valence-corrected chi connectivity index (χ2v) is 4.25. The Morgan fingerprint density at radius 1 is 1.33 bits per heavy atom. The van der Waals surface area contributed by atoms with Gasteiger partial charge in [-0.2, -0.15) is 0 Å². The molecule has 1 aliphatic heterocycles. The number of piperazine rings is 1. The van der Waals surface area contributed by atoms with Gasteiger partial charge in [-0.3, -0.25) is 0 Å². The summed E-state index contributed by atoms with van der Waals surface area (Å²) < 4.78 is 0. The Morgan fingerprint density at radius 3 is 2.94 bits per heavy atom.